The molecule has 0 atom stereocenters. The van der Waals surface area contributed by atoms with Gasteiger partial charge in [-0.05, 0) is 36.4 Å². The molecule has 0 radical (unpaired) electrons. The summed E-state index contributed by atoms with van der Waals surface area (Å²) in [6, 6.07) is 8.55. The Hall–Kier alpha value is -3.46. The highest BCUT2D eigenvalue weighted by Gasteiger charge is 2.09. The quantitative estimate of drug-likeness (QED) is 0.446. The van der Waals surface area contributed by atoms with Crippen molar-refractivity contribution in [2.75, 3.05) is 6.61 Å². The van der Waals surface area contributed by atoms with Crippen molar-refractivity contribution in [3.8, 4) is 5.75 Å². The van der Waals surface area contributed by atoms with Crippen molar-refractivity contribution >= 4 is 5.97 Å². The van der Waals surface area contributed by atoms with Crippen LogP contribution in [0, 0.1) is 11.6 Å². The van der Waals surface area contributed by atoms with Crippen molar-refractivity contribution in [1.82, 2.24) is 5.48 Å². The first-order chi connectivity index (χ1) is 13.4. The summed E-state index contributed by atoms with van der Waals surface area (Å²) >= 11 is 0. The summed E-state index contributed by atoms with van der Waals surface area (Å²) in [4.78, 5) is 15.9. The smallest absolute Gasteiger partial charge is 0.335 e. The molecule has 6 nitrogen and oxygen atoms in total. The Kier molecular flexibility index (Phi) is 7.46. The molecular weight excluding hydrogens is 377 g/mol. The van der Waals surface area contributed by atoms with Gasteiger partial charge in [-0.25, -0.2) is 18.0 Å². The fraction of sp³-hybridized carbons (Fsp3) is 0.105. The van der Waals surface area contributed by atoms with Gasteiger partial charge < -0.3 is 15.6 Å². The molecule has 9 heteroatoms. The van der Waals surface area contributed by atoms with E-state index < -0.39 is 23.4 Å². The lowest BCUT2D eigenvalue weighted by Gasteiger charge is -2.13. The molecule has 4 N–H and O–H groups in total. The molecule has 0 bridgehead atoms. The minimum Gasteiger partial charge on any atom is -0.487 e. The zero-order valence-electron chi connectivity index (χ0n) is 14.5. The Labute approximate surface area is 158 Å². The minimum absolute atomic E-state index is 0.0890. The third kappa shape index (κ3) is 6.36. The van der Waals surface area contributed by atoms with E-state index in [0.29, 0.717) is 5.75 Å². The number of nitrogens with two attached hydrogens (primary N) is 1. The number of allylic oxidation sites excluding steroid dienone is 2. The van der Waals surface area contributed by atoms with E-state index in [1.807, 2.05) is 0 Å². The van der Waals surface area contributed by atoms with Gasteiger partial charge in [-0.2, -0.15) is 0 Å². The number of hydroxylamine groups is 1. The van der Waals surface area contributed by atoms with E-state index in [2.05, 4.69) is 5.48 Å². The van der Waals surface area contributed by atoms with Gasteiger partial charge in [-0.1, -0.05) is 6.07 Å². The van der Waals surface area contributed by atoms with Crippen LogP contribution in [0.1, 0.15) is 15.9 Å². The van der Waals surface area contributed by atoms with Crippen LogP contribution in [0.15, 0.2) is 66.3 Å². The first-order valence-electron chi connectivity index (χ1n) is 7.95. The molecule has 2 aromatic rings. The van der Waals surface area contributed by atoms with Crippen LogP contribution in [0.4, 0.5) is 13.2 Å². The van der Waals surface area contributed by atoms with Crippen LogP contribution >= 0.6 is 0 Å². The average molecular weight is 394 g/mol. The number of carbonyl (C=O) groups is 1. The number of aromatic carboxylic acids is 1. The Balaban J connectivity index is 1.98. The Morgan fingerprint density at radius 2 is 1.89 bits per heavy atom. The number of carboxylic acid groups (broad SMARTS) is 1. The molecule has 0 aliphatic carbocycles. The van der Waals surface area contributed by atoms with E-state index in [-0.39, 0.29) is 30.0 Å². The second-order valence-corrected chi connectivity index (χ2v) is 5.47. The van der Waals surface area contributed by atoms with E-state index in [1.165, 1.54) is 36.4 Å². The van der Waals surface area contributed by atoms with E-state index in [1.54, 1.807) is 0 Å². The predicted octanol–water partition coefficient (Wildman–Crippen LogP) is 3.42. The van der Waals surface area contributed by atoms with Crippen molar-refractivity contribution in [3.05, 3.63) is 89.0 Å². The maximum Gasteiger partial charge on any atom is 0.335 e. The summed E-state index contributed by atoms with van der Waals surface area (Å²) in [6.45, 7) is -0.444. The van der Waals surface area contributed by atoms with E-state index in [9.17, 15) is 18.0 Å². The maximum absolute atomic E-state index is 13.9. The molecule has 0 saturated carbocycles. The number of hydrogen-bond donors (Lipinski definition) is 3. The molecule has 0 saturated heterocycles. The molecule has 148 valence electrons. The second-order valence-electron chi connectivity index (χ2n) is 5.47. The largest absolute Gasteiger partial charge is 0.487 e. The molecule has 0 heterocycles. The molecule has 0 aliphatic rings. The van der Waals surface area contributed by atoms with Crippen molar-refractivity contribution < 1.29 is 32.6 Å². The third-order valence-electron chi connectivity index (χ3n) is 3.41. The van der Waals surface area contributed by atoms with Gasteiger partial charge in [0.25, 0.3) is 0 Å². The summed E-state index contributed by atoms with van der Waals surface area (Å²) in [5.41, 5.74) is 7.52. The molecule has 0 spiro atoms. The summed E-state index contributed by atoms with van der Waals surface area (Å²) in [5.74, 6) is -2.88. The average Bonchev–Trinajstić information content (AvgIpc) is 2.68. The van der Waals surface area contributed by atoms with Gasteiger partial charge in [-0.15, -0.1) is 0 Å². The van der Waals surface area contributed by atoms with E-state index in [4.69, 9.17) is 20.4 Å². The highest BCUT2D eigenvalue weighted by Crippen LogP contribution is 2.14. The summed E-state index contributed by atoms with van der Waals surface area (Å²) in [5, 5.41) is 8.82. The summed E-state index contributed by atoms with van der Waals surface area (Å²) in [6.07, 6.45) is 1.73. The highest BCUT2D eigenvalue weighted by molar-refractivity contribution is 5.87. The Morgan fingerprint density at radius 3 is 2.50 bits per heavy atom. The van der Waals surface area contributed by atoms with Crippen molar-refractivity contribution in [3.63, 3.8) is 0 Å². The van der Waals surface area contributed by atoms with Gasteiger partial charge in [0.05, 0.1) is 11.3 Å². The van der Waals surface area contributed by atoms with Gasteiger partial charge in [0.15, 0.2) is 0 Å². The molecule has 2 aromatic carbocycles. The van der Waals surface area contributed by atoms with Crippen LogP contribution < -0.4 is 16.0 Å². The maximum atomic E-state index is 13.9. The molecule has 0 amide bonds. The van der Waals surface area contributed by atoms with Crippen LogP contribution in [0.2, 0.25) is 0 Å². The predicted molar refractivity (Wildman–Crippen MR) is 94.6 cm³/mol. The van der Waals surface area contributed by atoms with Crippen LogP contribution in [-0.4, -0.2) is 17.7 Å². The highest BCUT2D eigenvalue weighted by atomic mass is 19.1. The Morgan fingerprint density at radius 1 is 1.18 bits per heavy atom. The topological polar surface area (TPSA) is 93.8 Å². The van der Waals surface area contributed by atoms with Crippen molar-refractivity contribution in [1.29, 1.82) is 0 Å². The van der Waals surface area contributed by atoms with Crippen LogP contribution in [0.25, 0.3) is 0 Å². The second kappa shape index (κ2) is 10.0. The summed E-state index contributed by atoms with van der Waals surface area (Å²) < 4.78 is 45.6. The van der Waals surface area contributed by atoms with Gasteiger partial charge in [-0.3, -0.25) is 10.3 Å². The molecular formula is C19H17F3N2O4. The van der Waals surface area contributed by atoms with Crippen LogP contribution in [-0.2, 0) is 11.4 Å². The number of benzene rings is 2. The zero-order valence-corrected chi connectivity index (χ0v) is 14.5. The SMILES string of the molecule is N/C=C(F)\C=C(/COc1ccc(F)cc1)NOCc1ccc(C(=O)O)cc1F. The molecule has 0 aromatic heterocycles. The Bertz CT molecular complexity index is 883. The fourth-order valence-electron chi connectivity index (χ4n) is 2.01. The molecule has 28 heavy (non-hydrogen) atoms. The molecule has 0 fully saturated rings. The van der Waals surface area contributed by atoms with Gasteiger partial charge in [0.1, 0.15) is 36.4 Å². The lowest BCUT2D eigenvalue weighted by Crippen LogP contribution is -2.20. The molecule has 2 rings (SSSR count). The van der Waals surface area contributed by atoms with Crippen LogP contribution in [0.5, 0.6) is 5.75 Å². The van der Waals surface area contributed by atoms with Gasteiger partial charge in [0, 0.05) is 17.8 Å². The number of nitrogens with one attached hydrogen (secondary N) is 1. The monoisotopic (exact) mass is 394 g/mol. The third-order valence-corrected chi connectivity index (χ3v) is 3.41. The van der Waals surface area contributed by atoms with Gasteiger partial charge >= 0.3 is 5.97 Å². The molecule has 0 aliphatic heterocycles. The van der Waals surface area contributed by atoms with Crippen LogP contribution in [0.3, 0.4) is 0 Å². The zero-order chi connectivity index (χ0) is 20.5. The normalized spacial score (nSPS) is 12.0. The standard InChI is InChI=1S/C19H17F3N2O4/c20-14-3-5-17(6-4-14)27-11-16(8-15(21)9-23)24-28-10-13-2-1-12(19(25)26)7-18(13)22/h1-9,24H,10-11,23H2,(H,25,26)/b15-9+,16-8+. The van der Waals surface area contributed by atoms with Crippen molar-refractivity contribution in [2.45, 2.75) is 6.61 Å². The lowest BCUT2D eigenvalue weighted by atomic mass is 10.1. The number of rotatable bonds is 9. The number of carboxylic acids is 1. The van der Waals surface area contributed by atoms with Crippen molar-refractivity contribution in [2.24, 2.45) is 5.73 Å². The first kappa shape index (κ1) is 20.8. The van der Waals surface area contributed by atoms with E-state index >= 15 is 0 Å². The minimum atomic E-state index is -1.25. The lowest BCUT2D eigenvalue weighted by molar-refractivity contribution is 0.0411. The van der Waals surface area contributed by atoms with Gasteiger partial charge in [0.2, 0.25) is 0 Å². The number of hydrogen-bond acceptors (Lipinski definition) is 5. The first-order valence-corrected chi connectivity index (χ1v) is 7.95. The fourth-order valence-corrected chi connectivity index (χ4v) is 2.01. The van der Waals surface area contributed by atoms with E-state index in [0.717, 1.165) is 18.3 Å². The molecule has 0 unspecified atom stereocenters. The number of halogens is 3. The summed E-state index contributed by atoms with van der Waals surface area (Å²) in [7, 11) is 0. The number of ether oxygens (including phenoxy) is 1.